The second-order valence-electron chi connectivity index (χ2n) is 2.09. The molecule has 0 saturated carbocycles. The second-order valence-corrected chi connectivity index (χ2v) is 2.09. The van der Waals surface area contributed by atoms with Gasteiger partial charge in [0.05, 0.1) is 5.70 Å². The molecule has 0 spiro atoms. The highest BCUT2D eigenvalue weighted by Gasteiger charge is 2.19. The lowest BCUT2D eigenvalue weighted by atomic mass is 10.2. The zero-order valence-electron chi connectivity index (χ0n) is 5.18. The Balaban J connectivity index is 2.92. The van der Waals surface area contributed by atoms with E-state index in [0.717, 1.165) is 0 Å². The Bertz CT molecular complexity index is 193. The van der Waals surface area contributed by atoms with Crippen molar-refractivity contribution in [1.29, 1.82) is 0 Å². The Morgan fingerprint density at radius 2 is 2.11 bits per heavy atom. The Labute approximate surface area is 52.7 Å². The van der Waals surface area contributed by atoms with E-state index in [-0.39, 0.29) is 5.78 Å². The van der Waals surface area contributed by atoms with Crippen LogP contribution in [0.15, 0.2) is 16.4 Å². The van der Waals surface area contributed by atoms with Crippen LogP contribution in [0.5, 0.6) is 0 Å². The van der Waals surface area contributed by atoms with Crippen molar-refractivity contribution in [3.8, 4) is 0 Å². The molecular formula is C6H7NO2. The highest BCUT2D eigenvalue weighted by Crippen LogP contribution is 2.22. The molecule has 0 aromatic carbocycles. The molecule has 3 nitrogen and oxygen atoms in total. The third-order valence-corrected chi connectivity index (χ3v) is 1.55. The van der Waals surface area contributed by atoms with E-state index in [1.165, 1.54) is 0 Å². The number of hydrogen-bond acceptors (Lipinski definition) is 3. The SMILES string of the molecule is CC1=C(N=O)CCC1=O. The van der Waals surface area contributed by atoms with E-state index in [9.17, 15) is 9.70 Å². The lowest BCUT2D eigenvalue weighted by molar-refractivity contribution is -0.114. The number of rotatable bonds is 1. The smallest absolute Gasteiger partial charge is 0.160 e. The summed E-state index contributed by atoms with van der Waals surface area (Å²) in [6.07, 6.45) is 1.00. The van der Waals surface area contributed by atoms with Gasteiger partial charge in [0, 0.05) is 18.4 Å². The first-order valence-corrected chi connectivity index (χ1v) is 2.82. The van der Waals surface area contributed by atoms with E-state index in [1.54, 1.807) is 6.92 Å². The van der Waals surface area contributed by atoms with Crippen molar-refractivity contribution in [2.45, 2.75) is 19.8 Å². The van der Waals surface area contributed by atoms with Crippen molar-refractivity contribution < 1.29 is 4.79 Å². The van der Waals surface area contributed by atoms with Crippen LogP contribution in [0.4, 0.5) is 0 Å². The molecule has 0 amide bonds. The summed E-state index contributed by atoms with van der Waals surface area (Å²) in [4.78, 5) is 20.6. The standard InChI is InChI=1S/C6H7NO2/c1-4-5(7-9)2-3-6(4)8/h2-3H2,1H3. The summed E-state index contributed by atoms with van der Waals surface area (Å²) >= 11 is 0. The molecule has 0 heterocycles. The highest BCUT2D eigenvalue weighted by atomic mass is 16.3. The second kappa shape index (κ2) is 2.09. The average Bonchev–Trinajstić information content (AvgIpc) is 2.15. The molecule has 0 aromatic rings. The summed E-state index contributed by atoms with van der Waals surface area (Å²) in [6, 6.07) is 0. The summed E-state index contributed by atoms with van der Waals surface area (Å²) in [5, 5.41) is 2.73. The maximum atomic E-state index is 10.7. The zero-order valence-corrected chi connectivity index (χ0v) is 5.18. The zero-order chi connectivity index (χ0) is 6.85. The minimum Gasteiger partial charge on any atom is -0.294 e. The summed E-state index contributed by atoms with van der Waals surface area (Å²) < 4.78 is 0. The van der Waals surface area contributed by atoms with Gasteiger partial charge < -0.3 is 0 Å². The normalized spacial score (nSPS) is 19.0. The summed E-state index contributed by atoms with van der Waals surface area (Å²) in [5.74, 6) is 0.0598. The van der Waals surface area contributed by atoms with Crippen LogP contribution >= 0.6 is 0 Å². The molecule has 0 aliphatic heterocycles. The maximum absolute atomic E-state index is 10.7. The van der Waals surface area contributed by atoms with Gasteiger partial charge >= 0.3 is 0 Å². The van der Waals surface area contributed by atoms with E-state index >= 15 is 0 Å². The first-order chi connectivity index (χ1) is 4.25. The van der Waals surface area contributed by atoms with Gasteiger partial charge in [0.1, 0.15) is 0 Å². The minimum absolute atomic E-state index is 0.0598. The number of allylic oxidation sites excluding steroid dienone is 2. The van der Waals surface area contributed by atoms with Crippen LogP contribution in [0, 0.1) is 4.91 Å². The fourth-order valence-electron chi connectivity index (χ4n) is 0.882. The maximum Gasteiger partial charge on any atom is 0.160 e. The van der Waals surface area contributed by atoms with Crippen molar-refractivity contribution in [3.05, 3.63) is 16.2 Å². The number of carbonyl (C=O) groups excluding carboxylic acids is 1. The van der Waals surface area contributed by atoms with E-state index in [2.05, 4.69) is 5.18 Å². The van der Waals surface area contributed by atoms with Crippen molar-refractivity contribution >= 4 is 5.78 Å². The van der Waals surface area contributed by atoms with Gasteiger partial charge in [-0.1, -0.05) is 0 Å². The minimum atomic E-state index is 0.0598. The van der Waals surface area contributed by atoms with Crippen LogP contribution in [0.3, 0.4) is 0 Å². The third-order valence-electron chi connectivity index (χ3n) is 1.55. The molecule has 0 saturated heterocycles. The van der Waals surface area contributed by atoms with E-state index in [4.69, 9.17) is 0 Å². The molecule has 0 fully saturated rings. The quantitative estimate of drug-likeness (QED) is 0.497. The Morgan fingerprint density at radius 3 is 2.33 bits per heavy atom. The number of carbonyl (C=O) groups is 1. The van der Waals surface area contributed by atoms with Gasteiger partial charge in [-0.05, 0) is 12.1 Å². The molecule has 48 valence electrons. The van der Waals surface area contributed by atoms with Crippen LogP contribution in [0.2, 0.25) is 0 Å². The number of hydrogen-bond donors (Lipinski definition) is 0. The van der Waals surface area contributed by atoms with Crippen LogP contribution in [-0.2, 0) is 4.79 Å². The molecule has 0 aromatic heterocycles. The number of Topliss-reactive ketones (excluding diaryl/α,β-unsaturated/α-hetero) is 1. The molecule has 0 N–H and O–H groups in total. The summed E-state index contributed by atoms with van der Waals surface area (Å²) in [5.41, 5.74) is 0.977. The van der Waals surface area contributed by atoms with Crippen molar-refractivity contribution in [1.82, 2.24) is 0 Å². The summed E-state index contributed by atoms with van der Waals surface area (Å²) in [6.45, 7) is 1.64. The Morgan fingerprint density at radius 1 is 1.44 bits per heavy atom. The molecule has 0 bridgehead atoms. The van der Waals surface area contributed by atoms with Gasteiger partial charge in [0.15, 0.2) is 5.78 Å². The van der Waals surface area contributed by atoms with Gasteiger partial charge in [-0.25, -0.2) is 0 Å². The molecule has 1 aliphatic rings. The predicted octanol–water partition coefficient (Wildman–Crippen LogP) is 1.39. The molecule has 3 heteroatoms. The van der Waals surface area contributed by atoms with Crippen LogP contribution in [-0.4, -0.2) is 5.78 Å². The fourth-order valence-corrected chi connectivity index (χ4v) is 0.882. The topological polar surface area (TPSA) is 46.5 Å². The molecule has 0 radical (unpaired) electrons. The largest absolute Gasteiger partial charge is 0.294 e. The predicted molar refractivity (Wildman–Crippen MR) is 32.7 cm³/mol. The van der Waals surface area contributed by atoms with E-state index in [0.29, 0.717) is 24.1 Å². The highest BCUT2D eigenvalue weighted by molar-refractivity contribution is 5.97. The van der Waals surface area contributed by atoms with Crippen LogP contribution < -0.4 is 0 Å². The van der Waals surface area contributed by atoms with Gasteiger partial charge in [0.25, 0.3) is 0 Å². The van der Waals surface area contributed by atoms with Gasteiger partial charge in [0.2, 0.25) is 0 Å². The van der Waals surface area contributed by atoms with Gasteiger partial charge in [-0.3, -0.25) is 4.79 Å². The molecule has 1 aliphatic carbocycles. The number of ketones is 1. The van der Waals surface area contributed by atoms with Gasteiger partial charge in [-0.15, -0.1) is 4.91 Å². The monoisotopic (exact) mass is 125 g/mol. The lowest BCUT2D eigenvalue weighted by Crippen LogP contribution is -1.89. The van der Waals surface area contributed by atoms with Crippen molar-refractivity contribution in [2.24, 2.45) is 5.18 Å². The van der Waals surface area contributed by atoms with Crippen LogP contribution in [0.25, 0.3) is 0 Å². The van der Waals surface area contributed by atoms with Crippen molar-refractivity contribution in [2.75, 3.05) is 0 Å². The number of nitroso groups, excluding NO2 is 1. The van der Waals surface area contributed by atoms with Crippen LogP contribution in [0.1, 0.15) is 19.8 Å². The lowest BCUT2D eigenvalue weighted by Gasteiger charge is -1.84. The van der Waals surface area contributed by atoms with E-state index < -0.39 is 0 Å². The fraction of sp³-hybridized carbons (Fsp3) is 0.500. The molecule has 0 unspecified atom stereocenters. The number of nitrogens with zero attached hydrogens (tertiary/aromatic N) is 1. The molecule has 1 rings (SSSR count). The van der Waals surface area contributed by atoms with Gasteiger partial charge in [-0.2, -0.15) is 0 Å². The molecule has 0 atom stereocenters. The Kier molecular flexibility index (Phi) is 1.42. The first-order valence-electron chi connectivity index (χ1n) is 2.82. The molecular weight excluding hydrogens is 118 g/mol. The third kappa shape index (κ3) is 0.896. The Hall–Kier alpha value is -0.990. The first kappa shape index (κ1) is 6.13. The van der Waals surface area contributed by atoms with Crippen molar-refractivity contribution in [3.63, 3.8) is 0 Å². The van der Waals surface area contributed by atoms with E-state index in [1.807, 2.05) is 0 Å². The summed E-state index contributed by atoms with van der Waals surface area (Å²) in [7, 11) is 0. The molecule has 9 heavy (non-hydrogen) atoms. The average molecular weight is 125 g/mol.